The maximum Gasteiger partial charge on any atom is 0.263 e. The maximum absolute atomic E-state index is 13.5. The predicted octanol–water partition coefficient (Wildman–Crippen LogP) is 1.04. The maximum atomic E-state index is 13.5. The molecule has 0 aromatic carbocycles. The van der Waals surface area contributed by atoms with Crippen molar-refractivity contribution in [3.8, 4) is 0 Å². The van der Waals surface area contributed by atoms with Crippen LogP contribution in [-0.2, 0) is 14.8 Å². The van der Waals surface area contributed by atoms with Gasteiger partial charge in [-0.05, 0) is 12.1 Å². The summed E-state index contributed by atoms with van der Waals surface area (Å²) >= 11 is 0. The number of methoxy groups -OCH3 is 1. The normalized spacial score (nSPS) is 11.7. The Hall–Kier alpha value is -1.31. The molecule has 0 aliphatic heterocycles. The highest BCUT2D eigenvalue weighted by Crippen LogP contribution is 2.16. The van der Waals surface area contributed by atoms with Gasteiger partial charge in [-0.25, -0.2) is 17.8 Å². The molecule has 0 bridgehead atoms. The van der Waals surface area contributed by atoms with E-state index in [-0.39, 0.29) is 19.7 Å². The highest BCUT2D eigenvalue weighted by molar-refractivity contribution is 7.89. The van der Waals surface area contributed by atoms with Gasteiger partial charge in [-0.3, -0.25) is 0 Å². The molecule has 0 atom stereocenters. The lowest BCUT2D eigenvalue weighted by Gasteiger charge is -2.19. The fourth-order valence-corrected chi connectivity index (χ4v) is 2.70. The van der Waals surface area contributed by atoms with Gasteiger partial charge in [0, 0.05) is 26.4 Å². The van der Waals surface area contributed by atoms with E-state index in [4.69, 9.17) is 4.74 Å². The van der Waals surface area contributed by atoms with E-state index >= 15 is 0 Å². The SMILES string of the molecule is C=CCN(CCOC)S(=O)(=O)c1ncccc1F. The summed E-state index contributed by atoms with van der Waals surface area (Å²) in [6, 6.07) is 2.39. The van der Waals surface area contributed by atoms with Gasteiger partial charge < -0.3 is 4.74 Å². The summed E-state index contributed by atoms with van der Waals surface area (Å²) in [7, 11) is -2.51. The topological polar surface area (TPSA) is 59.5 Å². The van der Waals surface area contributed by atoms with E-state index in [9.17, 15) is 12.8 Å². The number of aromatic nitrogens is 1. The van der Waals surface area contributed by atoms with Gasteiger partial charge >= 0.3 is 0 Å². The number of hydrogen-bond donors (Lipinski definition) is 0. The fraction of sp³-hybridized carbons (Fsp3) is 0.364. The first-order chi connectivity index (χ1) is 8.54. The van der Waals surface area contributed by atoms with Crippen LogP contribution in [0.25, 0.3) is 0 Å². The zero-order chi connectivity index (χ0) is 13.6. The molecular formula is C11H15FN2O3S. The third kappa shape index (κ3) is 3.34. The smallest absolute Gasteiger partial charge is 0.263 e. The summed E-state index contributed by atoms with van der Waals surface area (Å²) < 4.78 is 43.7. The van der Waals surface area contributed by atoms with Gasteiger partial charge in [0.25, 0.3) is 10.0 Å². The van der Waals surface area contributed by atoms with Gasteiger partial charge in [0.05, 0.1) is 6.61 Å². The molecule has 1 rings (SSSR count). The molecule has 0 saturated heterocycles. The lowest BCUT2D eigenvalue weighted by atomic mass is 10.5. The van der Waals surface area contributed by atoms with Crippen molar-refractivity contribution in [1.82, 2.24) is 9.29 Å². The largest absolute Gasteiger partial charge is 0.383 e. The highest BCUT2D eigenvalue weighted by Gasteiger charge is 2.27. The number of halogens is 1. The lowest BCUT2D eigenvalue weighted by Crippen LogP contribution is -2.35. The van der Waals surface area contributed by atoms with Gasteiger partial charge in [-0.15, -0.1) is 6.58 Å². The van der Waals surface area contributed by atoms with E-state index in [1.807, 2.05) is 0 Å². The average molecular weight is 274 g/mol. The Balaban J connectivity index is 3.08. The first-order valence-electron chi connectivity index (χ1n) is 5.24. The van der Waals surface area contributed by atoms with Gasteiger partial charge in [-0.2, -0.15) is 4.31 Å². The van der Waals surface area contributed by atoms with Gasteiger partial charge in [0.2, 0.25) is 5.03 Å². The lowest BCUT2D eigenvalue weighted by molar-refractivity contribution is 0.181. The number of pyridine rings is 1. The summed E-state index contributed by atoms with van der Waals surface area (Å²) in [5.41, 5.74) is 0. The quantitative estimate of drug-likeness (QED) is 0.697. The number of ether oxygens (including phenoxy) is 1. The molecule has 0 aliphatic rings. The standard InChI is InChI=1S/C11H15FN2O3S/c1-3-7-14(8-9-17-2)18(15,16)11-10(12)5-4-6-13-11/h3-6H,1,7-9H2,2H3. The second-order valence-corrected chi connectivity index (χ2v) is 5.29. The molecular weight excluding hydrogens is 259 g/mol. The number of rotatable bonds is 7. The minimum atomic E-state index is -3.97. The van der Waals surface area contributed by atoms with Gasteiger partial charge in [-0.1, -0.05) is 6.08 Å². The van der Waals surface area contributed by atoms with Crippen molar-refractivity contribution in [1.29, 1.82) is 0 Å². The van der Waals surface area contributed by atoms with Crippen LogP contribution in [0.1, 0.15) is 0 Å². The van der Waals surface area contributed by atoms with E-state index < -0.39 is 20.9 Å². The molecule has 0 saturated carbocycles. The van der Waals surface area contributed by atoms with E-state index in [2.05, 4.69) is 11.6 Å². The van der Waals surface area contributed by atoms with Gasteiger partial charge in [0.1, 0.15) is 0 Å². The molecule has 0 aliphatic carbocycles. The molecule has 0 amide bonds. The van der Waals surface area contributed by atoms with Crippen molar-refractivity contribution in [3.63, 3.8) is 0 Å². The van der Waals surface area contributed by atoms with Crippen LogP contribution in [0.2, 0.25) is 0 Å². The number of sulfonamides is 1. The third-order valence-electron chi connectivity index (χ3n) is 2.19. The van der Waals surface area contributed by atoms with E-state index in [1.165, 1.54) is 25.4 Å². The van der Waals surface area contributed by atoms with E-state index in [0.29, 0.717) is 0 Å². The Morgan fingerprint density at radius 3 is 2.89 bits per heavy atom. The van der Waals surface area contributed by atoms with Crippen molar-refractivity contribution < 1.29 is 17.5 Å². The van der Waals surface area contributed by atoms with Crippen molar-refractivity contribution in [2.45, 2.75) is 5.03 Å². The first kappa shape index (κ1) is 14.7. The zero-order valence-corrected chi connectivity index (χ0v) is 10.9. The summed E-state index contributed by atoms with van der Waals surface area (Å²) in [5.74, 6) is -0.871. The first-order valence-corrected chi connectivity index (χ1v) is 6.68. The van der Waals surface area contributed by atoms with Crippen LogP contribution in [0.4, 0.5) is 4.39 Å². The molecule has 5 nitrogen and oxygen atoms in total. The monoisotopic (exact) mass is 274 g/mol. The second-order valence-electron chi connectivity index (χ2n) is 3.43. The minimum absolute atomic E-state index is 0.0711. The molecule has 0 N–H and O–H groups in total. The Kier molecular flexibility index (Phi) is 5.39. The molecule has 1 aromatic rings. The summed E-state index contributed by atoms with van der Waals surface area (Å²) in [5, 5.41) is -0.581. The molecule has 100 valence electrons. The Morgan fingerprint density at radius 2 is 2.33 bits per heavy atom. The summed E-state index contributed by atoms with van der Waals surface area (Å²) in [6.45, 7) is 3.87. The van der Waals surface area contributed by atoms with Crippen LogP contribution in [0.3, 0.4) is 0 Å². The van der Waals surface area contributed by atoms with Crippen LogP contribution in [0.5, 0.6) is 0 Å². The Bertz CT molecular complexity index is 505. The number of hydrogen-bond acceptors (Lipinski definition) is 4. The van der Waals surface area contributed by atoms with Gasteiger partial charge in [0.15, 0.2) is 5.82 Å². The summed E-state index contributed by atoms with van der Waals surface area (Å²) in [6.07, 6.45) is 2.66. The molecule has 0 fully saturated rings. The van der Waals surface area contributed by atoms with Crippen molar-refractivity contribution in [2.75, 3.05) is 26.8 Å². The second kappa shape index (κ2) is 6.58. The number of nitrogens with zero attached hydrogens (tertiary/aromatic N) is 2. The van der Waals surface area contributed by atoms with E-state index in [1.54, 1.807) is 0 Å². The van der Waals surface area contributed by atoms with Crippen LogP contribution < -0.4 is 0 Å². The van der Waals surface area contributed by atoms with Crippen molar-refractivity contribution >= 4 is 10.0 Å². The van der Waals surface area contributed by atoms with E-state index in [0.717, 1.165) is 10.4 Å². The minimum Gasteiger partial charge on any atom is -0.383 e. The molecule has 0 spiro atoms. The van der Waals surface area contributed by atoms with Crippen molar-refractivity contribution in [2.24, 2.45) is 0 Å². The molecule has 18 heavy (non-hydrogen) atoms. The molecule has 0 unspecified atom stereocenters. The van der Waals surface area contributed by atoms with Crippen LogP contribution in [0.15, 0.2) is 36.0 Å². The average Bonchev–Trinajstić information content (AvgIpc) is 2.34. The Labute approximate surface area is 106 Å². The fourth-order valence-electron chi connectivity index (χ4n) is 1.33. The molecule has 0 radical (unpaired) electrons. The third-order valence-corrected chi connectivity index (χ3v) is 3.99. The molecule has 1 aromatic heterocycles. The molecule has 7 heteroatoms. The summed E-state index contributed by atoms with van der Waals surface area (Å²) in [4.78, 5) is 3.58. The zero-order valence-electron chi connectivity index (χ0n) is 10.0. The predicted molar refractivity (Wildman–Crippen MR) is 65.0 cm³/mol. The van der Waals surface area contributed by atoms with Crippen LogP contribution >= 0.6 is 0 Å². The highest BCUT2D eigenvalue weighted by atomic mass is 32.2. The Morgan fingerprint density at radius 1 is 1.61 bits per heavy atom. The van der Waals surface area contributed by atoms with Crippen LogP contribution in [0, 0.1) is 5.82 Å². The molecule has 1 heterocycles. The van der Waals surface area contributed by atoms with Crippen LogP contribution in [-0.4, -0.2) is 44.5 Å². The van der Waals surface area contributed by atoms with Crippen molar-refractivity contribution in [3.05, 3.63) is 36.8 Å².